The van der Waals surface area contributed by atoms with E-state index in [0.29, 0.717) is 36.6 Å². The van der Waals surface area contributed by atoms with Gasteiger partial charge in [0.2, 0.25) is 0 Å². The molecule has 2 saturated carbocycles. The second-order valence-electron chi connectivity index (χ2n) is 14.1. The van der Waals surface area contributed by atoms with Gasteiger partial charge in [-0.1, -0.05) is 83.3 Å². The molecule has 2 fully saturated rings. The first-order valence-electron chi connectivity index (χ1n) is 17.2. The molecule has 3 N–H and O–H groups in total. The highest BCUT2D eigenvalue weighted by Crippen LogP contribution is 2.56. The van der Waals surface area contributed by atoms with Crippen molar-refractivity contribution in [3.8, 4) is 0 Å². The molecule has 4 rings (SSSR count). The van der Waals surface area contributed by atoms with Crippen LogP contribution in [0.3, 0.4) is 0 Å². The maximum absolute atomic E-state index is 12.3. The number of hydrogen-bond acceptors (Lipinski definition) is 8. The van der Waals surface area contributed by atoms with E-state index in [-0.39, 0.29) is 19.1 Å². The largest absolute Gasteiger partial charge is 0.382 e. The Morgan fingerprint density at radius 1 is 0.977 bits per heavy atom. The van der Waals surface area contributed by atoms with Gasteiger partial charge >= 0.3 is 7.60 Å². The van der Waals surface area contributed by atoms with Crippen molar-refractivity contribution in [3.63, 3.8) is 0 Å². The molecule has 44 heavy (non-hydrogen) atoms. The number of nitrogens with zero attached hydrogens (tertiary/aromatic N) is 4. The Labute approximate surface area is 265 Å². The summed E-state index contributed by atoms with van der Waals surface area (Å²) in [5.74, 6) is 2.51. The summed E-state index contributed by atoms with van der Waals surface area (Å²) >= 11 is 0. The molecule has 0 radical (unpaired) electrons. The molecule has 0 saturated heterocycles. The number of nitrogen functional groups attached to an aromatic ring is 1. The van der Waals surface area contributed by atoms with E-state index >= 15 is 0 Å². The van der Waals surface area contributed by atoms with Crippen LogP contribution in [0.25, 0.3) is 11.2 Å². The number of anilines is 1. The van der Waals surface area contributed by atoms with Crippen LogP contribution in [0.5, 0.6) is 0 Å². The number of fused-ring (bicyclic) bond motifs is 3. The van der Waals surface area contributed by atoms with Crippen LogP contribution in [0.1, 0.15) is 96.8 Å². The lowest BCUT2D eigenvalue weighted by Gasteiger charge is -2.36. The van der Waals surface area contributed by atoms with E-state index in [1.807, 2.05) is 6.92 Å². The van der Waals surface area contributed by atoms with Crippen molar-refractivity contribution >= 4 is 32.7 Å². The van der Waals surface area contributed by atoms with Crippen LogP contribution in [0, 0.1) is 11.8 Å². The Hall–Kier alpha value is -1.36. The molecule has 0 aliphatic heterocycles. The molecule has 12 heteroatoms. The van der Waals surface area contributed by atoms with Gasteiger partial charge in [-0.05, 0) is 50.0 Å². The maximum atomic E-state index is 12.3. The Morgan fingerprint density at radius 3 is 2.39 bits per heavy atom. The average Bonchev–Trinajstić information content (AvgIpc) is 3.73. The van der Waals surface area contributed by atoms with Crippen LogP contribution in [-0.2, 0) is 25.1 Å². The topological polar surface area (TPSA) is 135 Å². The molecule has 4 unspecified atom stereocenters. The molecule has 0 aromatic carbocycles. The lowest BCUT2D eigenvalue weighted by Crippen LogP contribution is -2.35. The molecule has 0 spiro atoms. The summed E-state index contributed by atoms with van der Waals surface area (Å²) in [6.45, 7) is 9.01. The van der Waals surface area contributed by atoms with Gasteiger partial charge in [0.15, 0.2) is 11.5 Å². The van der Waals surface area contributed by atoms with Crippen molar-refractivity contribution in [1.82, 2.24) is 19.5 Å². The predicted molar refractivity (Wildman–Crippen MR) is 179 cm³/mol. The monoisotopic (exact) mass is 651 g/mol. The lowest BCUT2D eigenvalue weighted by atomic mass is 10.0. The fourth-order valence-electron chi connectivity index (χ4n) is 7.50. The molecule has 2 heterocycles. The van der Waals surface area contributed by atoms with E-state index in [1.54, 1.807) is 36.2 Å². The van der Waals surface area contributed by atoms with E-state index in [4.69, 9.17) is 19.7 Å². The average molecular weight is 652 g/mol. The smallest absolute Gasteiger partial charge is 0.353 e. The molecule has 2 aliphatic carbocycles. The summed E-state index contributed by atoms with van der Waals surface area (Å²) in [5, 5.41) is 0. The number of aromatic nitrogens is 4. The van der Waals surface area contributed by atoms with E-state index in [9.17, 15) is 9.46 Å². The van der Waals surface area contributed by atoms with Gasteiger partial charge in [-0.15, -0.1) is 0 Å². The van der Waals surface area contributed by atoms with Crippen molar-refractivity contribution in [1.29, 1.82) is 0 Å². The van der Waals surface area contributed by atoms with Gasteiger partial charge in [-0.3, -0.25) is 4.57 Å². The number of nitrogens with two attached hydrogens (primary N) is 1. The number of imidazole rings is 1. The van der Waals surface area contributed by atoms with Crippen LogP contribution in [-0.4, -0.2) is 64.8 Å². The van der Waals surface area contributed by atoms with E-state index in [1.165, 1.54) is 64.1 Å². The zero-order valence-electron chi connectivity index (χ0n) is 27.5. The highest BCUT2D eigenvalue weighted by atomic mass is 31.2. The van der Waals surface area contributed by atoms with Crippen molar-refractivity contribution < 1.29 is 23.5 Å². The van der Waals surface area contributed by atoms with Crippen LogP contribution >= 0.6 is 7.60 Å². The van der Waals surface area contributed by atoms with Gasteiger partial charge in [0.05, 0.1) is 33.7 Å². The summed E-state index contributed by atoms with van der Waals surface area (Å²) in [7, 11) is -4.86. The first kappa shape index (κ1) is 35.5. The van der Waals surface area contributed by atoms with E-state index in [0.717, 1.165) is 30.4 Å². The van der Waals surface area contributed by atoms with Crippen LogP contribution in [0.4, 0.5) is 5.82 Å². The summed E-state index contributed by atoms with van der Waals surface area (Å²) in [5.41, 5.74) is 8.07. The molecule has 5 atom stereocenters. The summed E-state index contributed by atoms with van der Waals surface area (Å²) < 4.78 is 30.6. The van der Waals surface area contributed by atoms with Crippen molar-refractivity contribution in [2.75, 3.05) is 31.9 Å². The van der Waals surface area contributed by atoms with Gasteiger partial charge < -0.3 is 29.2 Å². The minimum absolute atomic E-state index is 0.162. The second-order valence-corrected chi connectivity index (χ2v) is 21.1. The van der Waals surface area contributed by atoms with Gasteiger partial charge in [-0.2, -0.15) is 0 Å². The van der Waals surface area contributed by atoms with Crippen LogP contribution < -0.4 is 5.73 Å². The van der Waals surface area contributed by atoms with Gasteiger partial charge in [0.1, 0.15) is 18.2 Å². The second kappa shape index (κ2) is 17.5. The molecule has 10 nitrogen and oxygen atoms in total. The molecule has 2 aromatic rings. The quantitative estimate of drug-likeness (QED) is 0.0701. The third-order valence-corrected chi connectivity index (χ3v) is 15.4. The van der Waals surface area contributed by atoms with Crippen molar-refractivity contribution in [2.24, 2.45) is 11.8 Å². The first-order chi connectivity index (χ1) is 21.1. The predicted octanol–water partition coefficient (Wildman–Crippen LogP) is 7.79. The standard InChI is InChI=1S/C32H58N5O5PSi/c1-26(22-37-24-36-30-31(33)34-23-35-32(30)37)41-25-43(38,39)42-18-13-17-40-16-11-9-7-5-4-6-8-10-12-19-44(2,3)29-21-27-14-15-28(29)20-27/h23-24,26-29H,4-22,25H2,1-3H3,(H,38,39)(H2,33,34,35)/t26-,27?,28?,29?/m1/s1. The SMILES string of the molecule is C[C@H](Cn1cnc2c(N)ncnc21)OCP(=O)(O)OCCCOCCCCCCCCCCC[Si](C)(C)C1CC2CCC1C2. The summed E-state index contributed by atoms with van der Waals surface area (Å²) in [4.78, 5) is 22.5. The van der Waals surface area contributed by atoms with Crippen LogP contribution in [0.2, 0.25) is 24.7 Å². The van der Waals surface area contributed by atoms with E-state index in [2.05, 4.69) is 28.0 Å². The Kier molecular flexibility index (Phi) is 14.1. The van der Waals surface area contributed by atoms with Gasteiger partial charge in [0, 0.05) is 13.2 Å². The molecule has 2 bridgehead atoms. The number of unbranched alkanes of at least 4 members (excludes halogenated alkanes) is 8. The highest BCUT2D eigenvalue weighted by Gasteiger charge is 2.46. The zero-order chi connectivity index (χ0) is 31.4. The first-order valence-corrected chi connectivity index (χ1v) is 22.3. The molecule has 0 amide bonds. The lowest BCUT2D eigenvalue weighted by molar-refractivity contribution is 0.0688. The minimum Gasteiger partial charge on any atom is -0.382 e. The fourth-order valence-corrected chi connectivity index (χ4v) is 12.5. The highest BCUT2D eigenvalue weighted by molar-refractivity contribution is 7.52. The Bertz CT molecular complexity index is 1180. The number of rotatable bonds is 23. The third kappa shape index (κ3) is 11.2. The van der Waals surface area contributed by atoms with Crippen molar-refractivity contribution in [3.05, 3.63) is 12.7 Å². The Morgan fingerprint density at radius 2 is 1.68 bits per heavy atom. The van der Waals surface area contributed by atoms with Crippen molar-refractivity contribution in [2.45, 2.75) is 134 Å². The van der Waals surface area contributed by atoms with Gasteiger partial charge in [-0.25, -0.2) is 15.0 Å². The van der Waals surface area contributed by atoms with Crippen LogP contribution in [0.15, 0.2) is 12.7 Å². The summed E-state index contributed by atoms with van der Waals surface area (Å²) in [6.07, 6.45) is 21.0. The van der Waals surface area contributed by atoms with E-state index < -0.39 is 15.7 Å². The Balaban J connectivity index is 0.907. The maximum Gasteiger partial charge on any atom is 0.353 e. The number of ether oxygens (including phenoxy) is 2. The minimum atomic E-state index is -3.84. The zero-order valence-corrected chi connectivity index (χ0v) is 29.4. The molecular formula is C32H58N5O5PSi. The molecule has 250 valence electrons. The van der Waals surface area contributed by atoms with Gasteiger partial charge in [0.25, 0.3) is 0 Å². The third-order valence-electron chi connectivity index (χ3n) is 9.98. The fraction of sp³-hybridized carbons (Fsp3) is 0.844. The molecule has 2 aliphatic rings. The molecule has 2 aromatic heterocycles. The summed E-state index contributed by atoms with van der Waals surface area (Å²) in [6, 6.07) is 1.55. The number of hydrogen-bond donors (Lipinski definition) is 2. The molecular weight excluding hydrogens is 593 g/mol. The normalized spacial score (nSPS) is 22.1.